The average Bonchev–Trinajstić information content (AvgIpc) is 2.29. The lowest BCUT2D eigenvalue weighted by Crippen LogP contribution is -2.28. The fourth-order valence-electron chi connectivity index (χ4n) is 1.61. The lowest BCUT2D eigenvalue weighted by Gasteiger charge is -2.26. The van der Waals surface area contributed by atoms with Gasteiger partial charge in [0.15, 0.2) is 0 Å². The van der Waals surface area contributed by atoms with Gasteiger partial charge in [-0.3, -0.25) is 10.1 Å². The molecule has 0 spiro atoms. The molecule has 1 rings (SSSR count). The Hall–Kier alpha value is -1.42. The van der Waals surface area contributed by atoms with Gasteiger partial charge in [0, 0.05) is 12.1 Å². The highest BCUT2D eigenvalue weighted by atomic mass is 16.6. The van der Waals surface area contributed by atoms with Crippen LogP contribution in [0.25, 0.3) is 0 Å². The fourth-order valence-corrected chi connectivity index (χ4v) is 1.61. The van der Waals surface area contributed by atoms with E-state index in [1.807, 2.05) is 6.07 Å². The summed E-state index contributed by atoms with van der Waals surface area (Å²) in [5, 5.41) is 10.6. The van der Waals surface area contributed by atoms with Crippen LogP contribution in [0.5, 0.6) is 0 Å². The molecule has 0 bridgehead atoms. The molecule has 88 valence electrons. The highest BCUT2D eigenvalue weighted by Crippen LogP contribution is 2.26. The normalized spacial score (nSPS) is 14.4. The van der Waals surface area contributed by atoms with Gasteiger partial charge >= 0.3 is 0 Å². The largest absolute Gasteiger partial charge is 0.330 e. The lowest BCUT2D eigenvalue weighted by molar-refractivity contribution is -0.384. The van der Waals surface area contributed by atoms with Crippen molar-refractivity contribution in [2.45, 2.75) is 26.7 Å². The summed E-state index contributed by atoms with van der Waals surface area (Å²) in [6.07, 6.45) is 1.74. The Balaban J connectivity index is 2.89. The average molecular weight is 222 g/mol. The minimum atomic E-state index is -0.366. The van der Waals surface area contributed by atoms with Crippen molar-refractivity contribution < 1.29 is 4.92 Å². The van der Waals surface area contributed by atoms with Gasteiger partial charge in [-0.25, -0.2) is 0 Å². The Morgan fingerprint density at radius 2 is 2.19 bits per heavy atom. The summed E-state index contributed by atoms with van der Waals surface area (Å²) in [4.78, 5) is 10.3. The standard InChI is InChI=1S/C12H18N2O2/c1-3-12(2,9-13)8-10-5-4-6-11(7-10)14(15)16/h4-7H,3,8-9,13H2,1-2H3. The van der Waals surface area contributed by atoms with Crippen LogP contribution in [0.15, 0.2) is 24.3 Å². The maximum absolute atomic E-state index is 10.6. The summed E-state index contributed by atoms with van der Waals surface area (Å²) in [7, 11) is 0. The van der Waals surface area contributed by atoms with Crippen LogP contribution in [0.3, 0.4) is 0 Å². The highest BCUT2D eigenvalue weighted by molar-refractivity contribution is 5.34. The minimum Gasteiger partial charge on any atom is -0.330 e. The topological polar surface area (TPSA) is 69.2 Å². The van der Waals surface area contributed by atoms with E-state index in [1.165, 1.54) is 6.07 Å². The molecule has 0 heterocycles. The Morgan fingerprint density at radius 3 is 2.69 bits per heavy atom. The third-order valence-corrected chi connectivity index (χ3v) is 3.10. The van der Waals surface area contributed by atoms with E-state index in [-0.39, 0.29) is 16.0 Å². The molecule has 1 unspecified atom stereocenters. The summed E-state index contributed by atoms with van der Waals surface area (Å²) in [5.41, 5.74) is 6.87. The summed E-state index contributed by atoms with van der Waals surface area (Å²) >= 11 is 0. The molecule has 1 aromatic carbocycles. The second kappa shape index (κ2) is 5.07. The molecule has 0 aliphatic carbocycles. The molecule has 0 aromatic heterocycles. The number of non-ortho nitro benzene ring substituents is 1. The van der Waals surface area contributed by atoms with Gasteiger partial charge in [0.1, 0.15) is 0 Å². The molecule has 0 saturated heterocycles. The van der Waals surface area contributed by atoms with Crippen LogP contribution in [-0.2, 0) is 6.42 Å². The molecule has 1 aromatic rings. The molecular formula is C12H18N2O2. The second-order valence-electron chi connectivity index (χ2n) is 4.47. The molecule has 0 saturated carbocycles. The molecule has 4 nitrogen and oxygen atoms in total. The first kappa shape index (κ1) is 12.6. The fraction of sp³-hybridized carbons (Fsp3) is 0.500. The van der Waals surface area contributed by atoms with Gasteiger partial charge in [0.05, 0.1) is 4.92 Å². The molecule has 0 aliphatic heterocycles. The van der Waals surface area contributed by atoms with Gasteiger partial charge in [-0.05, 0) is 30.4 Å². The number of nitro groups is 1. The molecule has 0 radical (unpaired) electrons. The summed E-state index contributed by atoms with van der Waals surface area (Å²) < 4.78 is 0. The van der Waals surface area contributed by atoms with Crippen LogP contribution in [0.4, 0.5) is 5.69 Å². The van der Waals surface area contributed by atoms with Gasteiger partial charge in [-0.15, -0.1) is 0 Å². The third kappa shape index (κ3) is 3.03. The van der Waals surface area contributed by atoms with Gasteiger partial charge < -0.3 is 5.73 Å². The number of nitro benzene ring substituents is 1. The van der Waals surface area contributed by atoms with Crippen molar-refractivity contribution in [3.63, 3.8) is 0 Å². The van der Waals surface area contributed by atoms with E-state index in [9.17, 15) is 10.1 Å². The van der Waals surface area contributed by atoms with Crippen LogP contribution in [-0.4, -0.2) is 11.5 Å². The smallest absolute Gasteiger partial charge is 0.269 e. The number of hydrogen-bond donors (Lipinski definition) is 1. The van der Waals surface area contributed by atoms with Gasteiger partial charge in [0.2, 0.25) is 0 Å². The quantitative estimate of drug-likeness (QED) is 0.614. The van der Waals surface area contributed by atoms with Crippen molar-refractivity contribution in [3.8, 4) is 0 Å². The number of nitrogens with zero attached hydrogens (tertiary/aromatic N) is 1. The highest BCUT2D eigenvalue weighted by Gasteiger charge is 2.21. The van der Waals surface area contributed by atoms with Crippen molar-refractivity contribution >= 4 is 5.69 Å². The van der Waals surface area contributed by atoms with Crippen LogP contribution in [0.2, 0.25) is 0 Å². The van der Waals surface area contributed by atoms with E-state index < -0.39 is 0 Å². The van der Waals surface area contributed by atoms with E-state index >= 15 is 0 Å². The molecule has 0 aliphatic rings. The van der Waals surface area contributed by atoms with Crippen LogP contribution in [0.1, 0.15) is 25.8 Å². The van der Waals surface area contributed by atoms with Crippen LogP contribution >= 0.6 is 0 Å². The second-order valence-corrected chi connectivity index (χ2v) is 4.47. The van der Waals surface area contributed by atoms with Crippen molar-refractivity contribution in [1.82, 2.24) is 0 Å². The number of hydrogen-bond acceptors (Lipinski definition) is 3. The zero-order valence-corrected chi connectivity index (χ0v) is 9.77. The lowest BCUT2D eigenvalue weighted by atomic mass is 9.81. The molecular weight excluding hydrogens is 204 g/mol. The minimum absolute atomic E-state index is 0.0230. The van der Waals surface area contributed by atoms with Crippen molar-refractivity contribution in [2.75, 3.05) is 6.54 Å². The van der Waals surface area contributed by atoms with E-state index in [0.717, 1.165) is 18.4 Å². The van der Waals surface area contributed by atoms with Crippen LogP contribution in [0, 0.1) is 15.5 Å². The van der Waals surface area contributed by atoms with Crippen molar-refractivity contribution in [2.24, 2.45) is 11.1 Å². The summed E-state index contributed by atoms with van der Waals surface area (Å²) in [6.45, 7) is 4.78. The van der Waals surface area contributed by atoms with Crippen molar-refractivity contribution in [3.05, 3.63) is 39.9 Å². The summed E-state index contributed by atoms with van der Waals surface area (Å²) in [5.74, 6) is 0. The first-order chi connectivity index (χ1) is 7.50. The van der Waals surface area contributed by atoms with E-state index in [0.29, 0.717) is 6.54 Å². The Kier molecular flexibility index (Phi) is 4.01. The van der Waals surface area contributed by atoms with E-state index in [1.54, 1.807) is 12.1 Å². The predicted molar refractivity (Wildman–Crippen MR) is 64.3 cm³/mol. The molecule has 1 atom stereocenters. The third-order valence-electron chi connectivity index (χ3n) is 3.10. The monoisotopic (exact) mass is 222 g/mol. The predicted octanol–water partition coefficient (Wildman–Crippen LogP) is 2.51. The molecule has 4 heteroatoms. The van der Waals surface area contributed by atoms with E-state index in [2.05, 4.69) is 13.8 Å². The molecule has 16 heavy (non-hydrogen) atoms. The SMILES string of the molecule is CCC(C)(CN)Cc1cccc([N+](=O)[O-])c1. The van der Waals surface area contributed by atoms with Gasteiger partial charge in [-0.1, -0.05) is 26.0 Å². The number of benzene rings is 1. The maximum atomic E-state index is 10.6. The zero-order chi connectivity index (χ0) is 12.2. The first-order valence-electron chi connectivity index (χ1n) is 5.44. The first-order valence-corrected chi connectivity index (χ1v) is 5.44. The molecule has 0 amide bonds. The summed E-state index contributed by atoms with van der Waals surface area (Å²) in [6, 6.07) is 6.77. The Morgan fingerprint density at radius 1 is 1.50 bits per heavy atom. The Labute approximate surface area is 95.6 Å². The molecule has 0 fully saturated rings. The van der Waals surface area contributed by atoms with Crippen molar-refractivity contribution in [1.29, 1.82) is 0 Å². The number of nitrogens with two attached hydrogens (primary N) is 1. The molecule has 2 N–H and O–H groups in total. The van der Waals surface area contributed by atoms with E-state index in [4.69, 9.17) is 5.73 Å². The number of rotatable bonds is 5. The van der Waals surface area contributed by atoms with Gasteiger partial charge in [0.25, 0.3) is 5.69 Å². The Bertz CT molecular complexity index is 373. The van der Waals surface area contributed by atoms with Crippen LogP contribution < -0.4 is 5.73 Å². The van der Waals surface area contributed by atoms with Gasteiger partial charge in [-0.2, -0.15) is 0 Å². The maximum Gasteiger partial charge on any atom is 0.269 e. The zero-order valence-electron chi connectivity index (χ0n) is 9.77.